The van der Waals surface area contributed by atoms with Gasteiger partial charge in [-0.2, -0.15) is 4.39 Å². The Labute approximate surface area is 211 Å². The molecule has 0 saturated carbocycles. The van der Waals surface area contributed by atoms with E-state index in [1.165, 1.54) is 17.4 Å². The van der Waals surface area contributed by atoms with Crippen molar-refractivity contribution < 1.29 is 13.6 Å². The van der Waals surface area contributed by atoms with Crippen molar-refractivity contribution in [3.05, 3.63) is 60.1 Å². The summed E-state index contributed by atoms with van der Waals surface area (Å²) in [4.78, 5) is 28.3. The quantitative estimate of drug-likeness (QED) is 0.347. The first-order valence-electron chi connectivity index (χ1n) is 11.5. The molecule has 2 amide bonds. The van der Waals surface area contributed by atoms with Crippen molar-refractivity contribution in [3.8, 4) is 21.7 Å². The van der Waals surface area contributed by atoms with E-state index in [-0.39, 0.29) is 17.7 Å². The molecule has 4 aromatic rings. The van der Waals surface area contributed by atoms with E-state index in [1.807, 2.05) is 43.3 Å². The minimum Gasteiger partial charge on any atom is -0.352 e. The Bertz CT molecular complexity index is 1430. The number of pyridine rings is 1. The maximum absolute atomic E-state index is 14.8. The van der Waals surface area contributed by atoms with Crippen LogP contribution in [0.2, 0.25) is 0 Å². The van der Waals surface area contributed by atoms with Crippen molar-refractivity contribution in [2.45, 2.75) is 6.54 Å². The molecule has 0 unspecified atom stereocenters. The number of carbonyl (C=O) groups is 1. The SMILES string of the molecule is CN(C)Cc1cnc(F)cc1-c1cccc2cc(-c3nc(NCCN4CCNC4=O)ncc3F)sc12. The second-order valence-electron chi connectivity index (χ2n) is 8.77. The van der Waals surface area contributed by atoms with E-state index in [0.717, 1.165) is 33.0 Å². The highest BCUT2D eigenvalue weighted by Gasteiger charge is 2.20. The molecular formula is C25H25F2N7OS. The lowest BCUT2D eigenvalue weighted by molar-refractivity contribution is 0.219. The molecule has 4 heterocycles. The van der Waals surface area contributed by atoms with Gasteiger partial charge in [-0.25, -0.2) is 24.1 Å². The highest BCUT2D eigenvalue weighted by atomic mass is 32.1. The van der Waals surface area contributed by atoms with E-state index in [4.69, 9.17) is 0 Å². The van der Waals surface area contributed by atoms with Gasteiger partial charge in [-0.15, -0.1) is 11.3 Å². The van der Waals surface area contributed by atoms with Crippen LogP contribution in [-0.4, -0.2) is 71.1 Å². The summed E-state index contributed by atoms with van der Waals surface area (Å²) in [5, 5.41) is 6.74. The fraction of sp³-hybridized carbons (Fsp3) is 0.280. The molecule has 8 nitrogen and oxygen atoms in total. The van der Waals surface area contributed by atoms with Crippen LogP contribution in [0.4, 0.5) is 19.5 Å². The third-order valence-corrected chi connectivity index (χ3v) is 7.05. The number of hydrogen-bond donors (Lipinski definition) is 2. The highest BCUT2D eigenvalue weighted by Crippen LogP contribution is 2.40. The third kappa shape index (κ3) is 4.98. The summed E-state index contributed by atoms with van der Waals surface area (Å²) in [6.45, 7) is 2.82. The van der Waals surface area contributed by atoms with Crippen molar-refractivity contribution in [2.75, 3.05) is 45.6 Å². The summed E-state index contributed by atoms with van der Waals surface area (Å²) < 4.78 is 29.9. The van der Waals surface area contributed by atoms with Crippen LogP contribution in [0.15, 0.2) is 42.7 Å². The Kier molecular flexibility index (Phi) is 6.75. The zero-order valence-corrected chi connectivity index (χ0v) is 20.7. The summed E-state index contributed by atoms with van der Waals surface area (Å²) >= 11 is 1.40. The van der Waals surface area contributed by atoms with Crippen LogP contribution in [0.3, 0.4) is 0 Å². The van der Waals surface area contributed by atoms with E-state index in [9.17, 15) is 13.6 Å². The monoisotopic (exact) mass is 509 g/mol. The smallest absolute Gasteiger partial charge is 0.317 e. The van der Waals surface area contributed by atoms with Gasteiger partial charge in [0.05, 0.1) is 11.1 Å². The van der Waals surface area contributed by atoms with Gasteiger partial charge in [-0.1, -0.05) is 18.2 Å². The Balaban J connectivity index is 1.46. The summed E-state index contributed by atoms with van der Waals surface area (Å²) in [5.41, 5.74) is 2.70. The summed E-state index contributed by atoms with van der Waals surface area (Å²) in [7, 11) is 3.89. The van der Waals surface area contributed by atoms with Gasteiger partial charge in [-0.05, 0) is 36.7 Å². The standard InChI is InChI=1S/C25H25F2N7OS/c1-33(2)14-16-12-30-21(27)11-18(16)17-5-3-4-15-10-20(36-23(15)17)22-19(26)13-31-24(32-22)28-6-8-34-9-7-29-25(34)35/h3-5,10-13H,6-9,14H2,1-2H3,(H,29,35)(H,28,31,32). The number of hydrogen-bond acceptors (Lipinski definition) is 7. The molecule has 0 atom stereocenters. The van der Waals surface area contributed by atoms with Gasteiger partial charge in [0.1, 0.15) is 5.69 Å². The maximum Gasteiger partial charge on any atom is 0.317 e. The maximum atomic E-state index is 14.8. The van der Waals surface area contributed by atoms with Gasteiger partial charge in [0.25, 0.3) is 0 Å². The van der Waals surface area contributed by atoms with Gasteiger partial charge in [0.2, 0.25) is 11.9 Å². The topological polar surface area (TPSA) is 86.3 Å². The number of nitrogens with zero attached hydrogens (tertiary/aromatic N) is 5. The average molecular weight is 510 g/mol. The van der Waals surface area contributed by atoms with Crippen LogP contribution in [0, 0.1) is 11.8 Å². The number of rotatable bonds is 8. The number of fused-ring (bicyclic) bond motifs is 1. The number of benzene rings is 1. The zero-order valence-electron chi connectivity index (χ0n) is 19.9. The fourth-order valence-corrected chi connectivity index (χ4v) is 5.40. The predicted molar refractivity (Wildman–Crippen MR) is 137 cm³/mol. The lowest BCUT2D eigenvalue weighted by Crippen LogP contribution is -2.32. The zero-order chi connectivity index (χ0) is 25.2. The molecule has 3 aromatic heterocycles. The van der Waals surface area contributed by atoms with Gasteiger partial charge in [0.15, 0.2) is 5.82 Å². The van der Waals surface area contributed by atoms with Gasteiger partial charge >= 0.3 is 6.03 Å². The van der Waals surface area contributed by atoms with Gasteiger partial charge < -0.3 is 20.4 Å². The first-order chi connectivity index (χ1) is 17.4. The number of halogens is 2. The average Bonchev–Trinajstić information content (AvgIpc) is 3.47. The number of urea groups is 1. The first-order valence-corrected chi connectivity index (χ1v) is 12.3. The lowest BCUT2D eigenvalue weighted by atomic mass is 10.00. The highest BCUT2D eigenvalue weighted by molar-refractivity contribution is 7.22. The third-order valence-electron chi connectivity index (χ3n) is 5.86. The molecule has 36 heavy (non-hydrogen) atoms. The molecular weight excluding hydrogens is 484 g/mol. The van der Waals surface area contributed by atoms with E-state index in [1.54, 1.807) is 11.1 Å². The van der Waals surface area contributed by atoms with Crippen molar-refractivity contribution in [1.82, 2.24) is 30.1 Å². The second kappa shape index (κ2) is 10.1. The molecule has 0 spiro atoms. The van der Waals surface area contributed by atoms with Crippen LogP contribution in [0.5, 0.6) is 0 Å². The largest absolute Gasteiger partial charge is 0.352 e. The number of carbonyl (C=O) groups excluding carboxylic acids is 1. The molecule has 11 heteroatoms. The molecule has 1 aliphatic rings. The molecule has 1 fully saturated rings. The Morgan fingerprint density at radius 2 is 2.03 bits per heavy atom. The summed E-state index contributed by atoms with van der Waals surface area (Å²) in [6.07, 6.45) is 2.71. The normalized spacial score (nSPS) is 13.6. The van der Waals surface area contributed by atoms with Crippen LogP contribution in [0.1, 0.15) is 5.56 Å². The lowest BCUT2D eigenvalue weighted by Gasteiger charge is -2.14. The summed E-state index contributed by atoms with van der Waals surface area (Å²) in [5.74, 6) is -0.797. The van der Waals surface area contributed by atoms with E-state index >= 15 is 0 Å². The molecule has 5 rings (SSSR count). The van der Waals surface area contributed by atoms with Crippen molar-refractivity contribution in [1.29, 1.82) is 0 Å². The number of nitrogens with one attached hydrogen (secondary N) is 2. The molecule has 186 valence electrons. The molecule has 2 N–H and O–H groups in total. The van der Waals surface area contributed by atoms with E-state index in [0.29, 0.717) is 37.6 Å². The molecule has 1 aliphatic heterocycles. The molecule has 1 saturated heterocycles. The van der Waals surface area contributed by atoms with E-state index < -0.39 is 11.8 Å². The van der Waals surface area contributed by atoms with Crippen LogP contribution < -0.4 is 10.6 Å². The van der Waals surface area contributed by atoms with Crippen molar-refractivity contribution in [2.24, 2.45) is 0 Å². The fourth-order valence-electron chi connectivity index (χ4n) is 4.22. The minimum absolute atomic E-state index is 0.0959. The van der Waals surface area contributed by atoms with Gasteiger partial charge in [0, 0.05) is 55.3 Å². The number of thiophene rings is 1. The molecule has 0 bridgehead atoms. The Hall–Kier alpha value is -3.70. The Morgan fingerprint density at radius 1 is 1.17 bits per heavy atom. The van der Waals surface area contributed by atoms with Crippen molar-refractivity contribution >= 4 is 33.4 Å². The summed E-state index contributed by atoms with van der Waals surface area (Å²) in [6, 6.07) is 9.03. The predicted octanol–water partition coefficient (Wildman–Crippen LogP) is 4.20. The molecule has 0 aliphatic carbocycles. The molecule has 0 radical (unpaired) electrons. The van der Waals surface area contributed by atoms with Crippen LogP contribution >= 0.6 is 11.3 Å². The number of amides is 2. The van der Waals surface area contributed by atoms with Crippen molar-refractivity contribution in [3.63, 3.8) is 0 Å². The second-order valence-corrected chi connectivity index (χ2v) is 9.82. The first kappa shape index (κ1) is 24.0. The Morgan fingerprint density at radius 3 is 2.81 bits per heavy atom. The van der Waals surface area contributed by atoms with Gasteiger partial charge in [-0.3, -0.25) is 0 Å². The molecule has 1 aromatic carbocycles. The van der Waals surface area contributed by atoms with Crippen LogP contribution in [-0.2, 0) is 6.54 Å². The van der Waals surface area contributed by atoms with Crippen LogP contribution in [0.25, 0.3) is 31.8 Å². The number of aromatic nitrogens is 3. The minimum atomic E-state index is -0.551. The van der Waals surface area contributed by atoms with E-state index in [2.05, 4.69) is 25.6 Å². The number of anilines is 1.